The number of fused-ring (bicyclic) bond motifs is 2. The van der Waals surface area contributed by atoms with E-state index < -0.39 is 34.7 Å². The number of hydrogen-bond acceptors (Lipinski definition) is 12. The molecule has 4 aromatic carbocycles. The van der Waals surface area contributed by atoms with Crippen LogP contribution in [0.1, 0.15) is 91.2 Å². The van der Waals surface area contributed by atoms with Gasteiger partial charge >= 0.3 is 11.9 Å². The van der Waals surface area contributed by atoms with Crippen molar-refractivity contribution < 1.29 is 49.1 Å². The molecule has 2 aromatic heterocycles. The monoisotopic (exact) mass is 864 g/mol. The number of nitrogens with zero attached hydrogens (tertiary/aromatic N) is 4. The number of carboxylic acids is 2. The second-order valence-electron chi connectivity index (χ2n) is 16.1. The maximum atomic E-state index is 13.1. The topological polar surface area (TPSA) is 265 Å². The lowest BCUT2D eigenvalue weighted by molar-refractivity contribution is -0.140. The van der Waals surface area contributed by atoms with Crippen molar-refractivity contribution in [3.63, 3.8) is 0 Å². The van der Waals surface area contributed by atoms with E-state index in [0.29, 0.717) is 46.6 Å². The Kier molecular flexibility index (Phi) is 13.9. The Labute approximate surface area is 367 Å². The molecule has 7 rings (SSSR count). The fraction of sp³-hybridized carbons (Fsp3) is 0.250. The van der Waals surface area contributed by atoms with Crippen LogP contribution in [0.25, 0.3) is 21.5 Å². The molecule has 1 aliphatic rings. The van der Waals surface area contributed by atoms with Crippen molar-refractivity contribution in [2.75, 3.05) is 6.54 Å². The zero-order valence-electron chi connectivity index (χ0n) is 34.9. The molecule has 0 unspecified atom stereocenters. The predicted octanol–water partition coefficient (Wildman–Crippen LogP) is 8.35. The van der Waals surface area contributed by atoms with Gasteiger partial charge in [-0.25, -0.2) is 9.97 Å². The van der Waals surface area contributed by atoms with Gasteiger partial charge in [-0.3, -0.25) is 19.2 Å². The standard InChI is InChI=1S/C25H23N3O5.C23H21N3O5/c26-15-20-19-13-17(33-16-7-3-1-4-8-16)9-10-18(19)23(31)22(27-20)24(32)28-25(14-21(29)30)11-5-2-6-12-25;1-23(2,11-19(27)28)13-25-22(30)20-21(29)16-9-8-15(10-17(16)18(12-24)26-20)31-14-6-4-3-5-7-14/h1,3-4,7-10,13,31H,2,5-6,11-12,14H2,(H,28,32)(H,29,30);3-10,29H,11,13H2,1-2H3,(H,25,30)(H,27,28). The van der Waals surface area contributed by atoms with Gasteiger partial charge in [-0.15, -0.1) is 0 Å². The minimum Gasteiger partial charge on any atom is -0.505 e. The van der Waals surface area contributed by atoms with Gasteiger partial charge in [0.2, 0.25) is 0 Å². The van der Waals surface area contributed by atoms with E-state index in [1.165, 1.54) is 0 Å². The summed E-state index contributed by atoms with van der Waals surface area (Å²) in [6.07, 6.45) is 3.30. The first-order valence-corrected chi connectivity index (χ1v) is 20.2. The predicted molar refractivity (Wildman–Crippen MR) is 233 cm³/mol. The van der Waals surface area contributed by atoms with Crippen LogP contribution in [0.4, 0.5) is 0 Å². The van der Waals surface area contributed by atoms with Crippen LogP contribution < -0.4 is 20.1 Å². The molecule has 2 heterocycles. The maximum absolute atomic E-state index is 13.1. The Morgan fingerprint density at radius 3 is 1.56 bits per heavy atom. The third kappa shape index (κ3) is 11.0. The maximum Gasteiger partial charge on any atom is 0.305 e. The van der Waals surface area contributed by atoms with Crippen LogP contribution in [0.3, 0.4) is 0 Å². The normalized spacial score (nSPS) is 13.0. The molecule has 0 radical (unpaired) electrons. The largest absolute Gasteiger partial charge is 0.505 e. The van der Waals surface area contributed by atoms with Gasteiger partial charge in [0.1, 0.15) is 46.5 Å². The number of aromatic nitrogens is 2. The molecule has 0 bridgehead atoms. The van der Waals surface area contributed by atoms with E-state index in [2.05, 4.69) is 20.6 Å². The lowest BCUT2D eigenvalue weighted by atomic mass is 9.79. The molecule has 1 aliphatic carbocycles. The van der Waals surface area contributed by atoms with Crippen molar-refractivity contribution in [2.45, 2.75) is 64.3 Å². The molecule has 0 aliphatic heterocycles. The molecule has 326 valence electrons. The number of hydrogen-bond donors (Lipinski definition) is 6. The smallest absolute Gasteiger partial charge is 0.305 e. The third-order valence-corrected chi connectivity index (χ3v) is 10.5. The van der Waals surface area contributed by atoms with Crippen LogP contribution in [-0.4, -0.2) is 66.2 Å². The van der Waals surface area contributed by atoms with Crippen LogP contribution in [0.2, 0.25) is 0 Å². The molecule has 0 saturated heterocycles. The Morgan fingerprint density at radius 2 is 1.12 bits per heavy atom. The first-order chi connectivity index (χ1) is 30.6. The second kappa shape index (κ2) is 19.6. The molecule has 16 nitrogen and oxygen atoms in total. The Hall–Kier alpha value is -8.24. The number of aliphatic carboxylic acids is 2. The summed E-state index contributed by atoms with van der Waals surface area (Å²) in [6, 6.07) is 31.6. The van der Waals surface area contributed by atoms with Gasteiger partial charge in [0.15, 0.2) is 22.9 Å². The van der Waals surface area contributed by atoms with Gasteiger partial charge in [0, 0.05) is 28.1 Å². The summed E-state index contributed by atoms with van der Waals surface area (Å²) < 4.78 is 11.6. The molecule has 2 amide bonds. The highest BCUT2D eigenvalue weighted by atomic mass is 16.5. The number of rotatable bonds is 13. The summed E-state index contributed by atoms with van der Waals surface area (Å²) in [5, 5.41) is 65.6. The lowest BCUT2D eigenvalue weighted by Gasteiger charge is -2.36. The van der Waals surface area contributed by atoms with E-state index in [1.54, 1.807) is 74.5 Å². The number of para-hydroxylation sites is 2. The van der Waals surface area contributed by atoms with Crippen molar-refractivity contribution in [1.82, 2.24) is 20.6 Å². The minimum atomic E-state index is -1.00. The average Bonchev–Trinajstić information content (AvgIpc) is 3.26. The number of benzene rings is 4. The SMILES string of the molecule is CC(C)(CNC(=O)c1nc(C#N)c2cc(Oc3ccccc3)ccc2c1O)CC(=O)O.N#Cc1nc(C(=O)NC2(CC(=O)O)CCCCC2)c(O)c2ccc(Oc3ccccc3)cc12. The first kappa shape index (κ1) is 45.3. The minimum absolute atomic E-state index is 0.0395. The van der Waals surface area contributed by atoms with E-state index in [1.807, 2.05) is 48.5 Å². The van der Waals surface area contributed by atoms with Gasteiger partial charge < -0.3 is 40.5 Å². The van der Waals surface area contributed by atoms with E-state index in [4.69, 9.17) is 14.6 Å². The van der Waals surface area contributed by atoms with Gasteiger partial charge in [-0.1, -0.05) is 69.5 Å². The quantitative estimate of drug-likeness (QED) is 0.0637. The third-order valence-electron chi connectivity index (χ3n) is 10.5. The zero-order valence-corrected chi connectivity index (χ0v) is 34.9. The fourth-order valence-electron chi connectivity index (χ4n) is 7.46. The summed E-state index contributed by atoms with van der Waals surface area (Å²) in [7, 11) is 0. The van der Waals surface area contributed by atoms with Crippen molar-refractivity contribution in [2.24, 2.45) is 5.41 Å². The van der Waals surface area contributed by atoms with Crippen LogP contribution in [0, 0.1) is 28.1 Å². The van der Waals surface area contributed by atoms with E-state index in [0.717, 1.165) is 19.3 Å². The molecule has 0 spiro atoms. The van der Waals surface area contributed by atoms with Gasteiger partial charge in [0.25, 0.3) is 11.8 Å². The van der Waals surface area contributed by atoms with Crippen LogP contribution in [0.15, 0.2) is 97.1 Å². The first-order valence-electron chi connectivity index (χ1n) is 20.2. The fourth-order valence-corrected chi connectivity index (χ4v) is 7.46. The Morgan fingerprint density at radius 1 is 0.656 bits per heavy atom. The molecule has 1 fully saturated rings. The highest BCUT2D eigenvalue weighted by Gasteiger charge is 2.37. The van der Waals surface area contributed by atoms with E-state index in [9.17, 15) is 45.0 Å². The lowest BCUT2D eigenvalue weighted by Crippen LogP contribution is -2.51. The van der Waals surface area contributed by atoms with Gasteiger partial charge in [-0.2, -0.15) is 10.5 Å². The zero-order chi connectivity index (χ0) is 46.0. The molecular weight excluding hydrogens is 821 g/mol. The molecule has 6 N–H and O–H groups in total. The number of nitriles is 2. The Balaban J connectivity index is 0.000000213. The summed E-state index contributed by atoms with van der Waals surface area (Å²) in [5.41, 5.74) is -2.28. The van der Waals surface area contributed by atoms with Crippen molar-refractivity contribution in [3.8, 4) is 46.6 Å². The second-order valence-corrected chi connectivity index (χ2v) is 16.1. The summed E-state index contributed by atoms with van der Waals surface area (Å²) in [6.45, 7) is 3.46. The number of amides is 2. The van der Waals surface area contributed by atoms with Crippen LogP contribution in [-0.2, 0) is 9.59 Å². The number of carbonyl (C=O) groups excluding carboxylic acids is 2. The molecule has 16 heteroatoms. The van der Waals surface area contributed by atoms with Crippen molar-refractivity contribution in [3.05, 3.63) is 120 Å². The number of aromatic hydroxyl groups is 2. The highest BCUT2D eigenvalue weighted by Crippen LogP contribution is 2.37. The molecular formula is C48H44N6O10. The summed E-state index contributed by atoms with van der Waals surface area (Å²) in [5.74, 6) is -1.99. The van der Waals surface area contributed by atoms with Crippen molar-refractivity contribution in [1.29, 1.82) is 10.5 Å². The van der Waals surface area contributed by atoms with Crippen LogP contribution in [0.5, 0.6) is 34.5 Å². The average molecular weight is 865 g/mol. The molecule has 6 aromatic rings. The van der Waals surface area contributed by atoms with Crippen molar-refractivity contribution >= 4 is 45.3 Å². The van der Waals surface area contributed by atoms with Gasteiger partial charge in [0.05, 0.1) is 18.4 Å². The summed E-state index contributed by atoms with van der Waals surface area (Å²) >= 11 is 0. The summed E-state index contributed by atoms with van der Waals surface area (Å²) in [4.78, 5) is 56.2. The molecule has 64 heavy (non-hydrogen) atoms. The highest BCUT2D eigenvalue weighted by molar-refractivity contribution is 6.04. The Bertz CT molecular complexity index is 2810. The van der Waals surface area contributed by atoms with E-state index >= 15 is 0 Å². The van der Waals surface area contributed by atoms with Crippen LogP contribution >= 0.6 is 0 Å². The molecule has 0 atom stereocenters. The number of nitrogens with one attached hydrogen (secondary N) is 2. The van der Waals surface area contributed by atoms with Gasteiger partial charge in [-0.05, 0) is 78.9 Å². The van der Waals surface area contributed by atoms with E-state index in [-0.39, 0.29) is 64.4 Å². The number of pyridine rings is 2. The molecule has 1 saturated carbocycles. The number of carbonyl (C=O) groups is 4. The number of carboxylic acid groups (broad SMARTS) is 2. The number of ether oxygens (including phenoxy) is 2.